The Morgan fingerprint density at radius 3 is 2.36 bits per heavy atom. The summed E-state index contributed by atoms with van der Waals surface area (Å²) in [5, 5.41) is 5.71. The molecule has 1 aromatic carbocycles. The third-order valence-electron chi connectivity index (χ3n) is 5.41. The third-order valence-corrected chi connectivity index (χ3v) is 6.37. The number of carbonyl (C=O) groups is 1. The maximum absolute atomic E-state index is 12.7. The average molecular weight is 356 g/mol. The summed E-state index contributed by atoms with van der Waals surface area (Å²) >= 11 is 1.58. The summed E-state index contributed by atoms with van der Waals surface area (Å²) < 4.78 is 0. The van der Waals surface area contributed by atoms with Gasteiger partial charge in [-0.3, -0.25) is 4.79 Å². The molecule has 3 rings (SSSR count). The lowest BCUT2D eigenvalue weighted by molar-refractivity contribution is 0.0943. The van der Waals surface area contributed by atoms with Gasteiger partial charge in [-0.25, -0.2) is 0 Å². The highest BCUT2D eigenvalue weighted by Crippen LogP contribution is 2.33. The number of thiophene rings is 1. The molecule has 1 aliphatic rings. The van der Waals surface area contributed by atoms with Crippen molar-refractivity contribution in [1.82, 2.24) is 5.32 Å². The molecule has 0 aliphatic heterocycles. The summed E-state index contributed by atoms with van der Waals surface area (Å²) in [4.78, 5) is 13.6. The average Bonchev–Trinajstić information content (AvgIpc) is 3.13. The second-order valence-electron chi connectivity index (χ2n) is 7.61. The van der Waals surface area contributed by atoms with Crippen LogP contribution in [0.4, 0.5) is 0 Å². The van der Waals surface area contributed by atoms with Gasteiger partial charge in [-0.05, 0) is 67.0 Å². The molecule has 1 aromatic heterocycles. The molecule has 2 aromatic rings. The minimum Gasteiger partial charge on any atom is -0.305 e. The number of Topliss-reactive ketones (excluding diaryl/α,β-unsaturated/α-hetero) is 1. The van der Waals surface area contributed by atoms with Crippen LogP contribution in [-0.4, -0.2) is 17.9 Å². The first-order valence-corrected chi connectivity index (χ1v) is 10.4. The number of nitrogens with one attached hydrogen (secondary N) is 1. The number of hydrogen-bond donors (Lipinski definition) is 1. The maximum atomic E-state index is 12.7. The minimum atomic E-state index is -0.100. The van der Waals surface area contributed by atoms with E-state index in [1.165, 1.54) is 24.0 Å². The van der Waals surface area contributed by atoms with E-state index in [1.54, 1.807) is 11.3 Å². The number of carbonyl (C=O) groups excluding carboxylic acids is 1. The van der Waals surface area contributed by atoms with Crippen LogP contribution >= 0.6 is 11.3 Å². The minimum absolute atomic E-state index is 0.100. The largest absolute Gasteiger partial charge is 0.305 e. The summed E-state index contributed by atoms with van der Waals surface area (Å²) in [7, 11) is 0. The van der Waals surface area contributed by atoms with Gasteiger partial charge in [0.1, 0.15) is 0 Å². The van der Waals surface area contributed by atoms with Crippen molar-refractivity contribution in [1.29, 1.82) is 0 Å². The van der Waals surface area contributed by atoms with Gasteiger partial charge in [-0.2, -0.15) is 0 Å². The van der Waals surface area contributed by atoms with Crippen LogP contribution in [0.25, 0.3) is 0 Å². The fourth-order valence-corrected chi connectivity index (χ4v) is 4.84. The summed E-state index contributed by atoms with van der Waals surface area (Å²) in [5.41, 5.74) is 2.73. The second-order valence-corrected chi connectivity index (χ2v) is 8.52. The van der Waals surface area contributed by atoms with Crippen molar-refractivity contribution >= 4 is 17.1 Å². The number of rotatable bonds is 6. The normalized spacial score (nSPS) is 22.1. The zero-order chi connectivity index (χ0) is 17.8. The number of benzene rings is 1. The van der Waals surface area contributed by atoms with Crippen LogP contribution in [0.5, 0.6) is 0 Å². The standard InChI is InChI=1S/C22H29NOS/c1-15(2)19-13-21(25-14-19)22(24)16(3)23-20-11-9-18(10-12-20)17-7-5-4-6-8-17/h4-8,13-16,18,20,23H,9-12H2,1-3H3. The van der Waals surface area contributed by atoms with Crippen molar-refractivity contribution in [2.75, 3.05) is 0 Å². The van der Waals surface area contributed by atoms with E-state index in [2.05, 4.69) is 60.9 Å². The number of hydrogen-bond acceptors (Lipinski definition) is 3. The zero-order valence-corrected chi connectivity index (χ0v) is 16.3. The van der Waals surface area contributed by atoms with E-state index in [1.807, 2.05) is 6.92 Å². The summed E-state index contributed by atoms with van der Waals surface area (Å²) in [6, 6.07) is 13.3. The molecule has 1 atom stereocenters. The summed E-state index contributed by atoms with van der Waals surface area (Å²) in [6.45, 7) is 6.35. The molecule has 134 valence electrons. The van der Waals surface area contributed by atoms with Crippen molar-refractivity contribution in [3.8, 4) is 0 Å². The lowest BCUT2D eigenvalue weighted by atomic mass is 9.81. The molecule has 3 heteroatoms. The molecule has 0 radical (unpaired) electrons. The second kappa shape index (κ2) is 8.29. The van der Waals surface area contributed by atoms with E-state index < -0.39 is 0 Å². The van der Waals surface area contributed by atoms with Gasteiger partial charge in [0, 0.05) is 6.04 Å². The highest BCUT2D eigenvalue weighted by Gasteiger charge is 2.26. The first-order chi connectivity index (χ1) is 12.0. The monoisotopic (exact) mass is 355 g/mol. The van der Waals surface area contributed by atoms with Crippen LogP contribution in [0.2, 0.25) is 0 Å². The molecule has 1 heterocycles. The molecule has 1 unspecified atom stereocenters. The van der Waals surface area contributed by atoms with Gasteiger partial charge < -0.3 is 5.32 Å². The summed E-state index contributed by atoms with van der Waals surface area (Å²) in [5.74, 6) is 1.40. The number of ketones is 1. The van der Waals surface area contributed by atoms with Crippen LogP contribution in [0.15, 0.2) is 41.8 Å². The lowest BCUT2D eigenvalue weighted by Crippen LogP contribution is -2.42. The van der Waals surface area contributed by atoms with Gasteiger partial charge in [-0.1, -0.05) is 44.2 Å². The molecule has 25 heavy (non-hydrogen) atoms. The molecule has 1 aliphatic carbocycles. The van der Waals surface area contributed by atoms with E-state index in [4.69, 9.17) is 0 Å². The molecule has 0 bridgehead atoms. The highest BCUT2D eigenvalue weighted by molar-refractivity contribution is 7.12. The van der Waals surface area contributed by atoms with Gasteiger partial charge in [0.25, 0.3) is 0 Å². The SMILES string of the molecule is CC(NC1CCC(c2ccccc2)CC1)C(=O)c1cc(C(C)C)cs1. The Morgan fingerprint density at radius 2 is 1.76 bits per heavy atom. The van der Waals surface area contributed by atoms with Crippen molar-refractivity contribution in [3.63, 3.8) is 0 Å². The van der Waals surface area contributed by atoms with Crippen LogP contribution < -0.4 is 5.32 Å². The Hall–Kier alpha value is -1.45. The Morgan fingerprint density at radius 1 is 1.08 bits per heavy atom. The van der Waals surface area contributed by atoms with Crippen molar-refractivity contribution < 1.29 is 4.79 Å². The molecular weight excluding hydrogens is 326 g/mol. The molecule has 1 fully saturated rings. The Labute approximate surface area is 155 Å². The lowest BCUT2D eigenvalue weighted by Gasteiger charge is -2.31. The Kier molecular flexibility index (Phi) is 6.08. The van der Waals surface area contributed by atoms with Crippen LogP contribution in [0, 0.1) is 0 Å². The van der Waals surface area contributed by atoms with Crippen molar-refractivity contribution in [3.05, 3.63) is 57.8 Å². The molecule has 0 amide bonds. The molecule has 1 saturated carbocycles. The van der Waals surface area contributed by atoms with E-state index in [0.717, 1.165) is 17.7 Å². The molecular formula is C22H29NOS. The fraction of sp³-hybridized carbons (Fsp3) is 0.500. The predicted octanol–water partition coefficient (Wildman–Crippen LogP) is 5.76. The zero-order valence-electron chi connectivity index (χ0n) is 15.5. The topological polar surface area (TPSA) is 29.1 Å². The Bertz CT molecular complexity index is 683. The van der Waals surface area contributed by atoms with Gasteiger partial charge in [0.2, 0.25) is 0 Å². The van der Waals surface area contributed by atoms with Gasteiger partial charge in [-0.15, -0.1) is 11.3 Å². The summed E-state index contributed by atoms with van der Waals surface area (Å²) in [6.07, 6.45) is 4.72. The molecule has 1 N–H and O–H groups in total. The first kappa shape index (κ1) is 18.3. The van der Waals surface area contributed by atoms with Crippen LogP contribution in [0.1, 0.15) is 79.1 Å². The van der Waals surface area contributed by atoms with Gasteiger partial charge in [0.15, 0.2) is 5.78 Å². The van der Waals surface area contributed by atoms with Gasteiger partial charge >= 0.3 is 0 Å². The smallest absolute Gasteiger partial charge is 0.189 e. The molecule has 0 saturated heterocycles. The van der Waals surface area contributed by atoms with E-state index in [9.17, 15) is 4.79 Å². The maximum Gasteiger partial charge on any atom is 0.189 e. The van der Waals surface area contributed by atoms with Crippen molar-refractivity contribution in [2.45, 2.75) is 70.4 Å². The Balaban J connectivity index is 1.52. The quantitative estimate of drug-likeness (QED) is 0.668. The van der Waals surface area contributed by atoms with Crippen LogP contribution in [-0.2, 0) is 0 Å². The first-order valence-electron chi connectivity index (χ1n) is 9.48. The van der Waals surface area contributed by atoms with Crippen molar-refractivity contribution in [2.24, 2.45) is 0 Å². The van der Waals surface area contributed by atoms with E-state index >= 15 is 0 Å². The molecule has 0 spiro atoms. The molecule has 2 nitrogen and oxygen atoms in total. The highest BCUT2D eigenvalue weighted by atomic mass is 32.1. The van der Waals surface area contributed by atoms with E-state index in [0.29, 0.717) is 17.9 Å². The third kappa shape index (κ3) is 4.59. The van der Waals surface area contributed by atoms with Crippen LogP contribution in [0.3, 0.4) is 0 Å². The predicted molar refractivity (Wildman–Crippen MR) is 107 cm³/mol. The fourth-order valence-electron chi connectivity index (χ4n) is 3.74. The van der Waals surface area contributed by atoms with Gasteiger partial charge in [0.05, 0.1) is 10.9 Å². The van der Waals surface area contributed by atoms with E-state index in [-0.39, 0.29) is 11.8 Å².